The number of phenolic OH excluding ortho intramolecular Hbond substituents is 1. The van der Waals surface area contributed by atoms with Gasteiger partial charge in [-0.15, -0.1) is 0 Å². The maximum Gasteiger partial charge on any atom is 0.271 e. The topological polar surface area (TPSA) is 130 Å². The zero-order valence-corrected chi connectivity index (χ0v) is 17.6. The number of hydrogen-bond acceptors (Lipinski definition) is 6. The third-order valence-corrected chi connectivity index (χ3v) is 4.87. The quantitative estimate of drug-likeness (QED) is 0.197. The van der Waals surface area contributed by atoms with Gasteiger partial charge in [-0.1, -0.05) is 0 Å². The van der Waals surface area contributed by atoms with Gasteiger partial charge in [0.15, 0.2) is 0 Å². The first-order chi connectivity index (χ1) is 15.2. The minimum absolute atomic E-state index is 0.0584. The molecule has 0 saturated heterocycles. The van der Waals surface area contributed by atoms with E-state index in [-0.39, 0.29) is 17.0 Å². The Hall–Kier alpha value is -4.58. The van der Waals surface area contributed by atoms with Gasteiger partial charge in [0.1, 0.15) is 23.1 Å². The minimum atomic E-state index is -0.601. The van der Waals surface area contributed by atoms with Gasteiger partial charge in [0.2, 0.25) is 0 Å². The molecule has 2 N–H and O–H groups in total. The molecular weight excluding hydrogens is 412 g/mol. The van der Waals surface area contributed by atoms with Crippen molar-refractivity contribution in [3.05, 3.63) is 81.2 Å². The highest BCUT2D eigenvalue weighted by molar-refractivity contribution is 6.09. The number of hydrogen-bond donors (Lipinski definition) is 2. The summed E-state index contributed by atoms with van der Waals surface area (Å²) in [6.45, 7) is 3.59. The van der Waals surface area contributed by atoms with Gasteiger partial charge in [-0.05, 0) is 61.9 Å². The molecule has 0 fully saturated rings. The average molecular weight is 432 g/mol. The molecule has 1 amide bonds. The lowest BCUT2D eigenvalue weighted by atomic mass is 10.1. The van der Waals surface area contributed by atoms with Crippen molar-refractivity contribution < 1.29 is 19.6 Å². The number of nitriles is 1. The van der Waals surface area contributed by atoms with Crippen molar-refractivity contribution in [3.8, 4) is 23.3 Å². The Bertz CT molecular complexity index is 1270. The highest BCUT2D eigenvalue weighted by Crippen LogP contribution is 2.32. The normalized spacial score (nSPS) is 11.0. The predicted octanol–water partition coefficient (Wildman–Crippen LogP) is 4.26. The Balaban J connectivity index is 2.01. The number of carbonyl (C=O) groups is 1. The van der Waals surface area contributed by atoms with E-state index in [9.17, 15) is 25.3 Å². The molecule has 1 heterocycles. The number of nitro groups is 1. The van der Waals surface area contributed by atoms with Gasteiger partial charge in [0.05, 0.1) is 17.7 Å². The number of nitrogens with one attached hydrogen (secondary N) is 1. The number of amides is 1. The molecule has 0 aliphatic rings. The van der Waals surface area contributed by atoms with Crippen molar-refractivity contribution in [1.82, 2.24) is 4.57 Å². The van der Waals surface area contributed by atoms with Crippen LogP contribution in [0, 0.1) is 35.3 Å². The number of rotatable bonds is 6. The molecule has 0 atom stereocenters. The van der Waals surface area contributed by atoms with Crippen molar-refractivity contribution in [2.75, 3.05) is 12.4 Å². The van der Waals surface area contributed by atoms with E-state index >= 15 is 0 Å². The molecule has 0 unspecified atom stereocenters. The zero-order valence-electron chi connectivity index (χ0n) is 17.6. The molecule has 0 spiro atoms. The number of ether oxygens (including phenoxy) is 1. The molecule has 0 aliphatic heterocycles. The number of anilines is 1. The Morgan fingerprint density at radius 1 is 1.22 bits per heavy atom. The Morgan fingerprint density at radius 2 is 1.91 bits per heavy atom. The number of benzene rings is 2. The van der Waals surface area contributed by atoms with Crippen LogP contribution in [-0.4, -0.2) is 27.6 Å². The van der Waals surface area contributed by atoms with E-state index in [1.54, 1.807) is 17.6 Å². The lowest BCUT2D eigenvalue weighted by Crippen LogP contribution is -2.13. The van der Waals surface area contributed by atoms with Crippen LogP contribution < -0.4 is 10.1 Å². The standard InChI is InChI=1S/C23H20N4O5/c1-14-10-16(11-17(13-24)23(29)25-18-4-7-20(28)8-5-18)15(2)26(14)21-12-19(27(30)31)6-9-22(21)32-3/h4-12,28H,1-3H3,(H,25,29)/b17-11-. The number of carbonyl (C=O) groups excluding carboxylic acids is 1. The molecule has 2 aromatic carbocycles. The first-order valence-electron chi connectivity index (χ1n) is 9.49. The largest absolute Gasteiger partial charge is 0.508 e. The highest BCUT2D eigenvalue weighted by Gasteiger charge is 2.18. The summed E-state index contributed by atoms with van der Waals surface area (Å²) in [5.41, 5.74) is 2.72. The van der Waals surface area contributed by atoms with E-state index in [0.717, 1.165) is 5.69 Å². The fourth-order valence-corrected chi connectivity index (χ4v) is 3.32. The van der Waals surface area contributed by atoms with Crippen LogP contribution in [0.3, 0.4) is 0 Å². The van der Waals surface area contributed by atoms with E-state index in [4.69, 9.17) is 4.74 Å². The fraction of sp³-hybridized carbons (Fsp3) is 0.130. The van der Waals surface area contributed by atoms with Gasteiger partial charge in [-0.25, -0.2) is 0 Å². The van der Waals surface area contributed by atoms with E-state index in [1.807, 2.05) is 13.0 Å². The summed E-state index contributed by atoms with van der Waals surface area (Å²) in [4.78, 5) is 23.3. The van der Waals surface area contributed by atoms with Gasteiger partial charge < -0.3 is 19.7 Å². The van der Waals surface area contributed by atoms with Gasteiger partial charge in [0, 0.05) is 29.2 Å². The Kier molecular flexibility index (Phi) is 6.26. The number of phenols is 1. The number of aromatic nitrogens is 1. The number of aromatic hydroxyl groups is 1. The number of non-ortho nitro benzene ring substituents is 1. The lowest BCUT2D eigenvalue weighted by molar-refractivity contribution is -0.384. The van der Waals surface area contributed by atoms with Crippen LogP contribution >= 0.6 is 0 Å². The van der Waals surface area contributed by atoms with Crippen molar-refractivity contribution in [2.45, 2.75) is 13.8 Å². The average Bonchev–Trinajstić information content (AvgIpc) is 3.05. The maximum atomic E-state index is 12.6. The second-order valence-corrected chi connectivity index (χ2v) is 6.95. The predicted molar refractivity (Wildman–Crippen MR) is 119 cm³/mol. The van der Waals surface area contributed by atoms with Gasteiger partial charge in [0.25, 0.3) is 11.6 Å². The van der Waals surface area contributed by atoms with Gasteiger partial charge >= 0.3 is 0 Å². The van der Waals surface area contributed by atoms with Crippen LogP contribution in [-0.2, 0) is 4.79 Å². The van der Waals surface area contributed by atoms with E-state index < -0.39 is 10.8 Å². The molecule has 1 aromatic heterocycles. The summed E-state index contributed by atoms with van der Waals surface area (Å²) in [5, 5.41) is 32.7. The van der Waals surface area contributed by atoms with Crippen molar-refractivity contribution >= 4 is 23.4 Å². The summed E-state index contributed by atoms with van der Waals surface area (Å²) >= 11 is 0. The molecule has 0 saturated carbocycles. The minimum Gasteiger partial charge on any atom is -0.508 e. The van der Waals surface area contributed by atoms with Crippen LogP contribution in [0.5, 0.6) is 11.5 Å². The molecular formula is C23H20N4O5. The number of nitro benzene ring substituents is 1. The van der Waals surface area contributed by atoms with Crippen LogP contribution in [0.15, 0.2) is 54.1 Å². The monoisotopic (exact) mass is 432 g/mol. The lowest BCUT2D eigenvalue weighted by Gasteiger charge is -2.14. The second-order valence-electron chi connectivity index (χ2n) is 6.95. The number of nitrogens with zero attached hydrogens (tertiary/aromatic N) is 3. The van der Waals surface area contributed by atoms with Crippen LogP contribution in [0.2, 0.25) is 0 Å². The Morgan fingerprint density at radius 3 is 2.50 bits per heavy atom. The Labute approximate surface area is 183 Å². The summed E-state index contributed by atoms with van der Waals surface area (Å²) < 4.78 is 7.14. The molecule has 162 valence electrons. The van der Waals surface area contributed by atoms with E-state index in [0.29, 0.717) is 28.4 Å². The number of aryl methyl sites for hydroxylation is 1. The van der Waals surface area contributed by atoms with Crippen LogP contribution in [0.1, 0.15) is 17.0 Å². The van der Waals surface area contributed by atoms with Gasteiger partial charge in [-0.3, -0.25) is 14.9 Å². The van der Waals surface area contributed by atoms with Gasteiger partial charge in [-0.2, -0.15) is 5.26 Å². The molecule has 9 heteroatoms. The molecule has 3 aromatic rings. The van der Waals surface area contributed by atoms with Crippen molar-refractivity contribution in [3.63, 3.8) is 0 Å². The third kappa shape index (κ3) is 4.44. The molecule has 0 aliphatic carbocycles. The second kappa shape index (κ2) is 9.06. The fourth-order valence-electron chi connectivity index (χ4n) is 3.32. The van der Waals surface area contributed by atoms with E-state index in [2.05, 4.69) is 5.32 Å². The van der Waals surface area contributed by atoms with Crippen LogP contribution in [0.4, 0.5) is 11.4 Å². The van der Waals surface area contributed by atoms with Crippen LogP contribution in [0.25, 0.3) is 11.8 Å². The summed E-state index contributed by atoms with van der Waals surface area (Å²) in [6.07, 6.45) is 1.46. The molecule has 0 radical (unpaired) electrons. The third-order valence-electron chi connectivity index (χ3n) is 4.87. The summed E-state index contributed by atoms with van der Waals surface area (Å²) in [5.74, 6) is -0.0995. The highest BCUT2D eigenvalue weighted by atomic mass is 16.6. The molecule has 9 nitrogen and oxygen atoms in total. The van der Waals surface area contributed by atoms with E-state index in [1.165, 1.54) is 55.7 Å². The molecule has 0 bridgehead atoms. The smallest absolute Gasteiger partial charge is 0.271 e. The molecule has 3 rings (SSSR count). The van der Waals surface area contributed by atoms with Crippen molar-refractivity contribution in [1.29, 1.82) is 5.26 Å². The maximum absolute atomic E-state index is 12.6. The summed E-state index contributed by atoms with van der Waals surface area (Å²) in [7, 11) is 1.47. The van der Waals surface area contributed by atoms with Crippen molar-refractivity contribution in [2.24, 2.45) is 0 Å². The molecule has 32 heavy (non-hydrogen) atoms. The number of methoxy groups -OCH3 is 1. The SMILES string of the molecule is COc1ccc([N+](=O)[O-])cc1-n1c(C)cc(/C=C(/C#N)C(=O)Nc2ccc(O)cc2)c1C. The first kappa shape index (κ1) is 22.1. The summed E-state index contributed by atoms with van der Waals surface area (Å²) in [6, 6.07) is 13.8. The zero-order chi connectivity index (χ0) is 23.4. The first-order valence-corrected chi connectivity index (χ1v) is 9.49.